The van der Waals surface area contributed by atoms with Crippen molar-refractivity contribution >= 4 is 5.91 Å². The summed E-state index contributed by atoms with van der Waals surface area (Å²) in [5, 5.41) is 8.53. The van der Waals surface area contributed by atoms with E-state index in [-0.39, 0.29) is 12.5 Å². The van der Waals surface area contributed by atoms with Gasteiger partial charge in [-0.2, -0.15) is 0 Å². The lowest BCUT2D eigenvalue weighted by Gasteiger charge is -2.16. The minimum Gasteiger partial charge on any atom is -0.396 e. The Morgan fingerprint density at radius 2 is 2.23 bits per heavy atom. The largest absolute Gasteiger partial charge is 0.396 e. The highest BCUT2D eigenvalue weighted by molar-refractivity contribution is 5.75. The molecule has 0 spiro atoms. The first-order valence-electron chi connectivity index (χ1n) is 4.68. The van der Waals surface area contributed by atoms with Crippen LogP contribution in [0.2, 0.25) is 0 Å². The molecule has 0 aromatic heterocycles. The molecular formula is C10H19NO2. The standard InChI is InChI=1S/C10H19NO2/c1-3-4-5-8-11(2)10(13)7-6-9-12/h3,12H,1,4-9H2,2H3. The van der Waals surface area contributed by atoms with Gasteiger partial charge in [0.25, 0.3) is 0 Å². The summed E-state index contributed by atoms with van der Waals surface area (Å²) in [6.07, 6.45) is 4.76. The highest BCUT2D eigenvalue weighted by atomic mass is 16.3. The number of aliphatic hydroxyl groups is 1. The molecule has 0 unspecified atom stereocenters. The van der Waals surface area contributed by atoms with E-state index in [4.69, 9.17) is 5.11 Å². The lowest BCUT2D eigenvalue weighted by molar-refractivity contribution is -0.130. The lowest BCUT2D eigenvalue weighted by atomic mass is 10.2. The summed E-state index contributed by atoms with van der Waals surface area (Å²) >= 11 is 0. The molecule has 1 N–H and O–H groups in total. The van der Waals surface area contributed by atoms with Gasteiger partial charge in [0.05, 0.1) is 0 Å². The Morgan fingerprint density at radius 3 is 2.77 bits per heavy atom. The molecule has 0 fully saturated rings. The molecule has 0 radical (unpaired) electrons. The van der Waals surface area contributed by atoms with Gasteiger partial charge in [-0.25, -0.2) is 0 Å². The molecule has 1 amide bonds. The molecule has 0 aliphatic rings. The van der Waals surface area contributed by atoms with Crippen molar-refractivity contribution in [1.82, 2.24) is 4.90 Å². The average Bonchev–Trinajstić information content (AvgIpc) is 2.14. The number of carbonyl (C=O) groups excluding carboxylic acids is 1. The van der Waals surface area contributed by atoms with Crippen LogP contribution in [0.25, 0.3) is 0 Å². The van der Waals surface area contributed by atoms with E-state index in [9.17, 15) is 4.79 Å². The Morgan fingerprint density at radius 1 is 1.54 bits per heavy atom. The summed E-state index contributed by atoms with van der Waals surface area (Å²) in [6, 6.07) is 0. The molecule has 0 aromatic rings. The molecule has 0 aliphatic carbocycles. The van der Waals surface area contributed by atoms with E-state index in [1.807, 2.05) is 6.08 Å². The monoisotopic (exact) mass is 185 g/mol. The summed E-state index contributed by atoms with van der Waals surface area (Å²) in [5.41, 5.74) is 0. The third-order valence-electron chi connectivity index (χ3n) is 1.88. The van der Waals surface area contributed by atoms with Crippen molar-refractivity contribution in [3.8, 4) is 0 Å². The normalized spacial score (nSPS) is 9.69. The number of hydrogen-bond acceptors (Lipinski definition) is 2. The zero-order valence-corrected chi connectivity index (χ0v) is 8.33. The van der Waals surface area contributed by atoms with Crippen LogP contribution in [0.4, 0.5) is 0 Å². The van der Waals surface area contributed by atoms with Crippen molar-refractivity contribution in [3.63, 3.8) is 0 Å². The molecule has 0 saturated carbocycles. The number of nitrogens with zero attached hydrogens (tertiary/aromatic N) is 1. The maximum Gasteiger partial charge on any atom is 0.222 e. The summed E-state index contributed by atoms with van der Waals surface area (Å²) < 4.78 is 0. The predicted octanol–water partition coefficient (Wildman–Crippen LogP) is 1.18. The van der Waals surface area contributed by atoms with Crippen LogP contribution < -0.4 is 0 Å². The van der Waals surface area contributed by atoms with Crippen LogP contribution in [0.5, 0.6) is 0 Å². The average molecular weight is 185 g/mol. The molecule has 3 nitrogen and oxygen atoms in total. The maximum absolute atomic E-state index is 11.3. The molecular weight excluding hydrogens is 166 g/mol. The van der Waals surface area contributed by atoms with Crippen molar-refractivity contribution in [2.24, 2.45) is 0 Å². The second-order valence-corrected chi connectivity index (χ2v) is 3.07. The van der Waals surface area contributed by atoms with Crippen LogP contribution in [0.3, 0.4) is 0 Å². The van der Waals surface area contributed by atoms with Crippen LogP contribution in [0, 0.1) is 0 Å². The molecule has 0 bridgehead atoms. The number of unbranched alkanes of at least 4 members (excludes halogenated alkanes) is 1. The van der Waals surface area contributed by atoms with Gasteiger partial charge in [-0.15, -0.1) is 6.58 Å². The second kappa shape index (κ2) is 7.80. The van der Waals surface area contributed by atoms with Gasteiger partial charge < -0.3 is 10.0 Å². The van der Waals surface area contributed by atoms with E-state index in [0.29, 0.717) is 12.8 Å². The Bertz CT molecular complexity index is 157. The molecule has 0 aromatic carbocycles. The fraction of sp³-hybridized carbons (Fsp3) is 0.700. The molecule has 0 saturated heterocycles. The van der Waals surface area contributed by atoms with Gasteiger partial charge in [0, 0.05) is 26.6 Å². The van der Waals surface area contributed by atoms with Crippen molar-refractivity contribution in [1.29, 1.82) is 0 Å². The molecule has 13 heavy (non-hydrogen) atoms. The highest BCUT2D eigenvalue weighted by Gasteiger charge is 2.06. The van der Waals surface area contributed by atoms with E-state index in [0.717, 1.165) is 19.4 Å². The van der Waals surface area contributed by atoms with Gasteiger partial charge in [-0.05, 0) is 19.3 Å². The maximum atomic E-state index is 11.3. The van der Waals surface area contributed by atoms with Crippen molar-refractivity contribution < 1.29 is 9.90 Å². The minimum absolute atomic E-state index is 0.0895. The van der Waals surface area contributed by atoms with Gasteiger partial charge in [0.15, 0.2) is 0 Å². The van der Waals surface area contributed by atoms with Crippen LogP contribution in [0.1, 0.15) is 25.7 Å². The van der Waals surface area contributed by atoms with Gasteiger partial charge in [-0.1, -0.05) is 6.08 Å². The number of rotatable bonds is 7. The van der Waals surface area contributed by atoms with Crippen LogP contribution in [-0.4, -0.2) is 36.1 Å². The van der Waals surface area contributed by atoms with E-state index >= 15 is 0 Å². The zero-order chi connectivity index (χ0) is 10.1. The number of carbonyl (C=O) groups is 1. The third kappa shape index (κ3) is 6.34. The van der Waals surface area contributed by atoms with Crippen LogP contribution in [0.15, 0.2) is 12.7 Å². The smallest absolute Gasteiger partial charge is 0.222 e. The third-order valence-corrected chi connectivity index (χ3v) is 1.88. The van der Waals surface area contributed by atoms with Crippen molar-refractivity contribution in [2.45, 2.75) is 25.7 Å². The van der Waals surface area contributed by atoms with E-state index < -0.39 is 0 Å². The van der Waals surface area contributed by atoms with Crippen LogP contribution >= 0.6 is 0 Å². The second-order valence-electron chi connectivity index (χ2n) is 3.07. The molecule has 0 atom stereocenters. The molecule has 3 heteroatoms. The van der Waals surface area contributed by atoms with Crippen LogP contribution in [-0.2, 0) is 4.79 Å². The highest BCUT2D eigenvalue weighted by Crippen LogP contribution is 1.98. The first-order valence-corrected chi connectivity index (χ1v) is 4.68. The number of allylic oxidation sites excluding steroid dienone is 1. The quantitative estimate of drug-likeness (QED) is 0.478. The Kier molecular flexibility index (Phi) is 7.30. The first-order chi connectivity index (χ1) is 6.22. The first kappa shape index (κ1) is 12.2. The van der Waals surface area contributed by atoms with Gasteiger partial charge in [0.2, 0.25) is 5.91 Å². The number of amides is 1. The number of aliphatic hydroxyl groups excluding tert-OH is 1. The predicted molar refractivity (Wildman–Crippen MR) is 53.4 cm³/mol. The van der Waals surface area contributed by atoms with E-state index in [1.165, 1.54) is 0 Å². The summed E-state index contributed by atoms with van der Waals surface area (Å²) in [7, 11) is 1.79. The Balaban J connectivity index is 3.50. The Labute approximate surface area is 80.0 Å². The molecule has 76 valence electrons. The van der Waals surface area contributed by atoms with Gasteiger partial charge in [0.1, 0.15) is 0 Å². The molecule has 0 aliphatic heterocycles. The summed E-state index contributed by atoms with van der Waals surface area (Å²) in [5.74, 6) is 0.109. The fourth-order valence-corrected chi connectivity index (χ4v) is 1.02. The number of hydrogen-bond donors (Lipinski definition) is 1. The van der Waals surface area contributed by atoms with E-state index in [2.05, 4.69) is 6.58 Å². The topological polar surface area (TPSA) is 40.5 Å². The van der Waals surface area contributed by atoms with Gasteiger partial charge in [-0.3, -0.25) is 4.79 Å². The zero-order valence-electron chi connectivity index (χ0n) is 8.33. The van der Waals surface area contributed by atoms with E-state index in [1.54, 1.807) is 11.9 Å². The molecule has 0 heterocycles. The molecule has 0 rings (SSSR count). The summed E-state index contributed by atoms with van der Waals surface area (Å²) in [4.78, 5) is 13.0. The SMILES string of the molecule is C=CCCCN(C)C(=O)CCCO. The fourth-order valence-electron chi connectivity index (χ4n) is 1.02. The van der Waals surface area contributed by atoms with Gasteiger partial charge >= 0.3 is 0 Å². The van der Waals surface area contributed by atoms with Crippen molar-refractivity contribution in [3.05, 3.63) is 12.7 Å². The van der Waals surface area contributed by atoms with Crippen molar-refractivity contribution in [2.75, 3.05) is 20.2 Å². The Hall–Kier alpha value is -0.830. The lowest BCUT2D eigenvalue weighted by Crippen LogP contribution is -2.27. The summed E-state index contributed by atoms with van der Waals surface area (Å²) in [6.45, 7) is 4.48. The minimum atomic E-state index is 0.0895.